The summed E-state index contributed by atoms with van der Waals surface area (Å²) in [6.45, 7) is 5.95. The second-order valence-corrected chi connectivity index (χ2v) is 7.45. The number of rotatable bonds is 7. The Balaban J connectivity index is 1.38. The normalized spacial score (nSPS) is 24.4. The minimum atomic E-state index is -0.696. The highest BCUT2D eigenvalue weighted by Gasteiger charge is 2.33. The number of carbonyl (C=O) groups excluding carboxylic acids is 1. The van der Waals surface area contributed by atoms with E-state index in [1.54, 1.807) is 18.5 Å². The van der Waals surface area contributed by atoms with E-state index in [1.165, 1.54) is 0 Å². The number of aliphatic hydroxyl groups is 1. The Kier molecular flexibility index (Phi) is 7.37. The van der Waals surface area contributed by atoms with Crippen molar-refractivity contribution in [2.75, 3.05) is 57.8 Å². The molecule has 8 nitrogen and oxygen atoms in total. The number of carbonyl (C=O) groups is 1. The quantitative estimate of drug-likeness (QED) is 0.678. The van der Waals surface area contributed by atoms with Crippen LogP contribution < -0.4 is 5.32 Å². The van der Waals surface area contributed by atoms with Gasteiger partial charge >= 0.3 is 0 Å². The van der Waals surface area contributed by atoms with Gasteiger partial charge in [0.25, 0.3) is 0 Å². The third-order valence-electron chi connectivity index (χ3n) is 5.31. The highest BCUT2D eigenvalue weighted by atomic mass is 16.5. The molecule has 3 heterocycles. The van der Waals surface area contributed by atoms with Crippen molar-refractivity contribution in [3.8, 4) is 0 Å². The molecule has 1 unspecified atom stereocenters. The standard InChI is InChI=1S/C19H31N5O3/c25-17(4-1-7-20-18-21-8-3-9-22-18)24-10-2-5-19(26,6-11-24)16-23-12-14-27-15-13-23/h3,8-9,26H,1-2,4-7,10-16H2,(H,20,21,22). The lowest BCUT2D eigenvalue weighted by Gasteiger charge is -2.35. The molecule has 0 radical (unpaired) electrons. The fourth-order valence-corrected chi connectivity index (χ4v) is 3.75. The lowest BCUT2D eigenvalue weighted by Crippen LogP contribution is -2.48. The number of hydrogen-bond donors (Lipinski definition) is 2. The monoisotopic (exact) mass is 377 g/mol. The topological polar surface area (TPSA) is 90.8 Å². The van der Waals surface area contributed by atoms with E-state index in [2.05, 4.69) is 20.2 Å². The van der Waals surface area contributed by atoms with E-state index < -0.39 is 5.60 Å². The molecule has 0 aromatic carbocycles. The Bertz CT molecular complexity index is 582. The van der Waals surface area contributed by atoms with Crippen LogP contribution in [0.3, 0.4) is 0 Å². The predicted octanol–water partition coefficient (Wildman–Crippen LogP) is 0.745. The Labute approximate surface area is 160 Å². The number of nitrogens with one attached hydrogen (secondary N) is 1. The van der Waals surface area contributed by atoms with Crippen LogP contribution in [0.1, 0.15) is 32.1 Å². The Hall–Kier alpha value is -1.77. The summed E-state index contributed by atoms with van der Waals surface area (Å²) in [4.78, 5) is 24.9. The van der Waals surface area contributed by atoms with Crippen LogP contribution in [0.15, 0.2) is 18.5 Å². The van der Waals surface area contributed by atoms with Gasteiger partial charge in [0.15, 0.2) is 0 Å². The lowest BCUT2D eigenvalue weighted by molar-refractivity contribution is -0.131. The highest BCUT2D eigenvalue weighted by Crippen LogP contribution is 2.24. The Morgan fingerprint density at radius 2 is 1.96 bits per heavy atom. The molecule has 3 rings (SSSR count). The summed E-state index contributed by atoms with van der Waals surface area (Å²) in [5.74, 6) is 0.759. The van der Waals surface area contributed by atoms with Crippen LogP contribution in [0.4, 0.5) is 5.95 Å². The number of likely N-dealkylation sites (tertiary alicyclic amines) is 1. The van der Waals surface area contributed by atoms with Crippen molar-refractivity contribution in [3.63, 3.8) is 0 Å². The maximum atomic E-state index is 12.5. The van der Waals surface area contributed by atoms with Gasteiger partial charge in [0, 0.05) is 58.1 Å². The van der Waals surface area contributed by atoms with Gasteiger partial charge < -0.3 is 20.1 Å². The first-order valence-corrected chi connectivity index (χ1v) is 9.96. The van der Waals surface area contributed by atoms with Gasteiger partial charge in [-0.3, -0.25) is 9.69 Å². The van der Waals surface area contributed by atoms with E-state index in [4.69, 9.17) is 4.74 Å². The van der Waals surface area contributed by atoms with Gasteiger partial charge in [-0.05, 0) is 31.7 Å². The average Bonchev–Trinajstić information content (AvgIpc) is 2.88. The molecule has 2 saturated heterocycles. The molecular weight excluding hydrogens is 346 g/mol. The average molecular weight is 377 g/mol. The van der Waals surface area contributed by atoms with E-state index in [9.17, 15) is 9.90 Å². The van der Waals surface area contributed by atoms with Crippen LogP contribution in [-0.2, 0) is 9.53 Å². The molecule has 0 bridgehead atoms. The fraction of sp³-hybridized carbons (Fsp3) is 0.737. The van der Waals surface area contributed by atoms with Crippen molar-refractivity contribution in [2.45, 2.75) is 37.7 Å². The molecule has 150 valence electrons. The Morgan fingerprint density at radius 1 is 1.19 bits per heavy atom. The smallest absolute Gasteiger partial charge is 0.222 e. The molecule has 1 aromatic rings. The molecule has 0 saturated carbocycles. The van der Waals surface area contributed by atoms with Gasteiger partial charge in [-0.25, -0.2) is 9.97 Å². The number of amides is 1. The van der Waals surface area contributed by atoms with E-state index in [1.807, 2.05) is 4.90 Å². The van der Waals surface area contributed by atoms with Crippen molar-refractivity contribution < 1.29 is 14.6 Å². The molecule has 2 aliphatic rings. The van der Waals surface area contributed by atoms with Crippen LogP contribution in [0.2, 0.25) is 0 Å². The third-order valence-corrected chi connectivity index (χ3v) is 5.31. The summed E-state index contributed by atoms with van der Waals surface area (Å²) in [7, 11) is 0. The number of ether oxygens (including phenoxy) is 1. The molecule has 8 heteroatoms. The first kappa shape index (κ1) is 20.0. The molecule has 1 amide bonds. The fourth-order valence-electron chi connectivity index (χ4n) is 3.75. The molecule has 1 aromatic heterocycles. The molecule has 0 aliphatic carbocycles. The van der Waals surface area contributed by atoms with Crippen molar-refractivity contribution in [1.29, 1.82) is 0 Å². The first-order chi connectivity index (χ1) is 13.1. The minimum Gasteiger partial charge on any atom is -0.388 e. The molecule has 2 aliphatic heterocycles. The first-order valence-electron chi connectivity index (χ1n) is 9.96. The van der Waals surface area contributed by atoms with Gasteiger partial charge in [0.1, 0.15) is 0 Å². The van der Waals surface area contributed by atoms with Crippen molar-refractivity contribution >= 4 is 11.9 Å². The van der Waals surface area contributed by atoms with Crippen LogP contribution >= 0.6 is 0 Å². The summed E-state index contributed by atoms with van der Waals surface area (Å²) >= 11 is 0. The number of β-amino-alcohol motifs (C(OH)–C–C–N with tert-alkyl or cyclic N) is 1. The van der Waals surface area contributed by atoms with Gasteiger partial charge in [0.05, 0.1) is 18.8 Å². The van der Waals surface area contributed by atoms with Crippen molar-refractivity contribution in [3.05, 3.63) is 18.5 Å². The lowest BCUT2D eigenvalue weighted by atomic mass is 9.94. The maximum absolute atomic E-state index is 12.5. The largest absolute Gasteiger partial charge is 0.388 e. The zero-order chi connectivity index (χ0) is 19.0. The van der Waals surface area contributed by atoms with E-state index in [-0.39, 0.29) is 5.91 Å². The molecule has 0 spiro atoms. The molecular formula is C19H31N5O3. The zero-order valence-electron chi connectivity index (χ0n) is 16.0. The van der Waals surface area contributed by atoms with E-state index in [0.717, 1.165) is 52.1 Å². The number of morpholine rings is 1. The number of aromatic nitrogens is 2. The van der Waals surface area contributed by atoms with Gasteiger partial charge in [-0.1, -0.05) is 0 Å². The summed E-state index contributed by atoms with van der Waals surface area (Å²) in [6.07, 6.45) is 6.87. The second-order valence-electron chi connectivity index (χ2n) is 7.45. The van der Waals surface area contributed by atoms with E-state index in [0.29, 0.717) is 38.4 Å². The summed E-state index contributed by atoms with van der Waals surface area (Å²) < 4.78 is 5.38. The van der Waals surface area contributed by atoms with E-state index >= 15 is 0 Å². The maximum Gasteiger partial charge on any atom is 0.222 e. The second kappa shape index (κ2) is 9.96. The van der Waals surface area contributed by atoms with Crippen LogP contribution in [0.5, 0.6) is 0 Å². The number of nitrogens with zero attached hydrogens (tertiary/aromatic N) is 4. The van der Waals surface area contributed by atoms with Crippen LogP contribution in [0.25, 0.3) is 0 Å². The number of hydrogen-bond acceptors (Lipinski definition) is 7. The summed E-state index contributed by atoms with van der Waals surface area (Å²) in [5, 5.41) is 14.1. The van der Waals surface area contributed by atoms with Crippen LogP contribution in [-0.4, -0.2) is 88.9 Å². The molecule has 1 atom stereocenters. The van der Waals surface area contributed by atoms with Crippen molar-refractivity contribution in [2.24, 2.45) is 0 Å². The highest BCUT2D eigenvalue weighted by molar-refractivity contribution is 5.76. The minimum absolute atomic E-state index is 0.168. The molecule has 2 fully saturated rings. The SMILES string of the molecule is O=C(CCCNc1ncccn1)N1CCCC(O)(CN2CCOCC2)CC1. The molecule has 2 N–H and O–H groups in total. The number of anilines is 1. The third kappa shape index (κ3) is 6.41. The predicted molar refractivity (Wildman–Crippen MR) is 102 cm³/mol. The summed E-state index contributed by atoms with van der Waals surface area (Å²) in [5.41, 5.74) is -0.696. The molecule has 27 heavy (non-hydrogen) atoms. The zero-order valence-corrected chi connectivity index (χ0v) is 16.0. The summed E-state index contributed by atoms with van der Waals surface area (Å²) in [6, 6.07) is 1.77. The van der Waals surface area contributed by atoms with Gasteiger partial charge in [-0.2, -0.15) is 0 Å². The van der Waals surface area contributed by atoms with Gasteiger partial charge in [0.2, 0.25) is 11.9 Å². The Morgan fingerprint density at radius 3 is 2.74 bits per heavy atom. The van der Waals surface area contributed by atoms with Gasteiger partial charge in [-0.15, -0.1) is 0 Å². The van der Waals surface area contributed by atoms with Crippen molar-refractivity contribution in [1.82, 2.24) is 19.8 Å². The van der Waals surface area contributed by atoms with Crippen LogP contribution in [0, 0.1) is 0 Å².